The minimum atomic E-state index is -1.32. The van der Waals surface area contributed by atoms with Gasteiger partial charge in [-0.15, -0.1) is 0 Å². The highest BCUT2D eigenvalue weighted by molar-refractivity contribution is 5.78. The highest BCUT2D eigenvalue weighted by Gasteiger charge is 2.49. The van der Waals surface area contributed by atoms with Gasteiger partial charge < -0.3 is 20.4 Å². The summed E-state index contributed by atoms with van der Waals surface area (Å²) < 4.78 is 0. The fourth-order valence-electron chi connectivity index (χ4n) is 3.92. The van der Waals surface area contributed by atoms with E-state index in [1.165, 1.54) is 6.08 Å². The molecule has 1 rings (SSSR count). The zero-order chi connectivity index (χ0) is 20.1. The summed E-state index contributed by atoms with van der Waals surface area (Å²) in [6.07, 6.45) is 13.4. The SMILES string of the molecule is O=C(O)C/C=C/C[C@@H](O)[C@@](/C=C\CCCCCCO)(C(=O)O)C1CCCC1. The van der Waals surface area contributed by atoms with E-state index in [1.54, 1.807) is 12.2 Å². The van der Waals surface area contributed by atoms with Crippen LogP contribution in [-0.4, -0.2) is 45.1 Å². The molecule has 0 heterocycles. The molecule has 6 heteroatoms. The summed E-state index contributed by atoms with van der Waals surface area (Å²) in [4.78, 5) is 22.8. The number of aliphatic hydroxyl groups is 2. The van der Waals surface area contributed by atoms with Gasteiger partial charge in [0.05, 0.1) is 12.5 Å². The lowest BCUT2D eigenvalue weighted by atomic mass is 9.68. The van der Waals surface area contributed by atoms with Crippen molar-refractivity contribution in [1.29, 1.82) is 0 Å². The standard InChI is InChI=1S/C21H34O6/c22-16-10-4-2-1-3-9-15-21(20(26)27,17-11-5-6-12-17)18(23)13-7-8-14-19(24)25/h7-9,15,17-18,22-23H,1-6,10-14,16H2,(H,24,25)(H,26,27)/b8-7+,15-9-/t18-,21+/m1/s1. The summed E-state index contributed by atoms with van der Waals surface area (Å²) in [6, 6.07) is 0. The van der Waals surface area contributed by atoms with Crippen LogP contribution in [0.3, 0.4) is 0 Å². The minimum Gasteiger partial charge on any atom is -0.481 e. The number of aliphatic hydroxyl groups excluding tert-OH is 2. The van der Waals surface area contributed by atoms with Gasteiger partial charge in [-0.1, -0.05) is 50.0 Å². The van der Waals surface area contributed by atoms with E-state index in [2.05, 4.69) is 0 Å². The van der Waals surface area contributed by atoms with E-state index in [1.807, 2.05) is 6.08 Å². The van der Waals surface area contributed by atoms with E-state index in [0.29, 0.717) is 0 Å². The maximum absolute atomic E-state index is 12.2. The summed E-state index contributed by atoms with van der Waals surface area (Å²) in [5.41, 5.74) is -1.32. The Morgan fingerprint density at radius 1 is 1.00 bits per heavy atom. The number of rotatable bonds is 14. The number of hydrogen-bond donors (Lipinski definition) is 4. The first-order valence-electron chi connectivity index (χ1n) is 10.0. The highest BCUT2D eigenvalue weighted by atomic mass is 16.4. The van der Waals surface area contributed by atoms with Gasteiger partial charge in [-0.2, -0.15) is 0 Å². The third-order valence-corrected chi connectivity index (χ3v) is 5.44. The fourth-order valence-corrected chi connectivity index (χ4v) is 3.92. The Balaban J connectivity index is 2.82. The number of hydrogen-bond acceptors (Lipinski definition) is 4. The number of unbranched alkanes of at least 4 members (excludes halogenated alkanes) is 4. The fraction of sp³-hybridized carbons (Fsp3) is 0.714. The van der Waals surface area contributed by atoms with E-state index in [4.69, 9.17) is 10.2 Å². The van der Waals surface area contributed by atoms with Gasteiger partial charge in [0.1, 0.15) is 5.41 Å². The molecule has 2 atom stereocenters. The molecule has 1 saturated carbocycles. The second-order valence-electron chi connectivity index (χ2n) is 7.37. The molecule has 1 fully saturated rings. The van der Waals surface area contributed by atoms with Crippen molar-refractivity contribution in [3.63, 3.8) is 0 Å². The Labute approximate surface area is 161 Å². The third-order valence-electron chi connectivity index (χ3n) is 5.44. The van der Waals surface area contributed by atoms with E-state index in [-0.39, 0.29) is 25.4 Å². The molecule has 0 aromatic heterocycles. The molecule has 0 radical (unpaired) electrons. The molecule has 0 spiro atoms. The summed E-state index contributed by atoms with van der Waals surface area (Å²) >= 11 is 0. The van der Waals surface area contributed by atoms with Crippen molar-refractivity contribution in [2.24, 2.45) is 11.3 Å². The first-order chi connectivity index (χ1) is 12.9. The third kappa shape index (κ3) is 7.46. The average Bonchev–Trinajstić information content (AvgIpc) is 3.15. The molecule has 6 nitrogen and oxygen atoms in total. The number of carboxylic acid groups (broad SMARTS) is 2. The summed E-state index contributed by atoms with van der Waals surface area (Å²) in [7, 11) is 0. The summed E-state index contributed by atoms with van der Waals surface area (Å²) in [5.74, 6) is -2.07. The maximum Gasteiger partial charge on any atom is 0.316 e. The van der Waals surface area contributed by atoms with Gasteiger partial charge in [-0.05, 0) is 44.4 Å². The minimum absolute atomic E-state index is 0.108. The molecular weight excluding hydrogens is 348 g/mol. The van der Waals surface area contributed by atoms with E-state index in [9.17, 15) is 19.8 Å². The summed E-state index contributed by atoms with van der Waals surface area (Å²) in [5, 5.41) is 38.3. The van der Waals surface area contributed by atoms with Gasteiger partial charge in [0.25, 0.3) is 0 Å². The highest BCUT2D eigenvalue weighted by Crippen LogP contribution is 2.45. The van der Waals surface area contributed by atoms with Crippen LogP contribution < -0.4 is 0 Å². The van der Waals surface area contributed by atoms with Crippen LogP contribution in [-0.2, 0) is 9.59 Å². The van der Waals surface area contributed by atoms with Gasteiger partial charge in [-0.3, -0.25) is 9.59 Å². The van der Waals surface area contributed by atoms with Crippen molar-refractivity contribution in [3.05, 3.63) is 24.3 Å². The molecular formula is C21H34O6. The Morgan fingerprint density at radius 2 is 1.67 bits per heavy atom. The molecule has 1 aliphatic rings. The van der Waals surface area contributed by atoms with Gasteiger partial charge in [-0.25, -0.2) is 0 Å². The molecule has 0 aliphatic heterocycles. The first kappa shape index (κ1) is 23.4. The molecule has 0 amide bonds. The zero-order valence-corrected chi connectivity index (χ0v) is 16.1. The van der Waals surface area contributed by atoms with Crippen LogP contribution in [0.2, 0.25) is 0 Å². The van der Waals surface area contributed by atoms with Crippen LogP contribution in [0.4, 0.5) is 0 Å². The first-order valence-corrected chi connectivity index (χ1v) is 10.0. The normalized spacial score (nSPS) is 18.9. The zero-order valence-electron chi connectivity index (χ0n) is 16.1. The Hall–Kier alpha value is -1.66. The smallest absolute Gasteiger partial charge is 0.316 e. The quantitative estimate of drug-likeness (QED) is 0.270. The van der Waals surface area contributed by atoms with Crippen molar-refractivity contribution in [2.75, 3.05) is 6.61 Å². The van der Waals surface area contributed by atoms with Crippen LogP contribution in [0.1, 0.15) is 70.6 Å². The van der Waals surface area contributed by atoms with Crippen LogP contribution >= 0.6 is 0 Å². The van der Waals surface area contributed by atoms with E-state index >= 15 is 0 Å². The number of allylic oxidation sites excluding steroid dienone is 1. The molecule has 154 valence electrons. The van der Waals surface area contributed by atoms with Crippen LogP contribution in [0.5, 0.6) is 0 Å². The van der Waals surface area contributed by atoms with Gasteiger partial charge in [0.15, 0.2) is 0 Å². The van der Waals surface area contributed by atoms with Crippen molar-refractivity contribution in [1.82, 2.24) is 0 Å². The molecule has 1 aliphatic carbocycles. The van der Waals surface area contributed by atoms with Gasteiger partial charge in [0.2, 0.25) is 0 Å². The molecule has 0 unspecified atom stereocenters. The monoisotopic (exact) mass is 382 g/mol. The summed E-state index contributed by atoms with van der Waals surface area (Å²) in [6.45, 7) is 0.196. The Kier molecular flexibility index (Phi) is 11.0. The number of carboxylic acids is 2. The van der Waals surface area contributed by atoms with Crippen molar-refractivity contribution in [2.45, 2.75) is 76.7 Å². The number of aliphatic carboxylic acids is 2. The van der Waals surface area contributed by atoms with Crippen LogP contribution in [0.25, 0.3) is 0 Å². The second-order valence-corrected chi connectivity index (χ2v) is 7.37. The predicted octanol–water partition coefficient (Wildman–Crippen LogP) is 3.53. The lowest BCUT2D eigenvalue weighted by Gasteiger charge is -2.36. The molecule has 0 saturated heterocycles. The molecule has 4 N–H and O–H groups in total. The average molecular weight is 382 g/mol. The second kappa shape index (κ2) is 12.7. The molecule has 0 bridgehead atoms. The van der Waals surface area contributed by atoms with Crippen LogP contribution in [0.15, 0.2) is 24.3 Å². The molecule has 27 heavy (non-hydrogen) atoms. The van der Waals surface area contributed by atoms with Crippen molar-refractivity contribution < 1.29 is 30.0 Å². The lowest BCUT2D eigenvalue weighted by Crippen LogP contribution is -2.46. The van der Waals surface area contributed by atoms with Crippen LogP contribution in [0, 0.1) is 11.3 Å². The largest absolute Gasteiger partial charge is 0.481 e. The van der Waals surface area contributed by atoms with Crippen molar-refractivity contribution in [3.8, 4) is 0 Å². The number of carbonyl (C=O) groups is 2. The predicted molar refractivity (Wildman–Crippen MR) is 103 cm³/mol. The Bertz CT molecular complexity index is 507. The molecule has 0 aromatic rings. The topological polar surface area (TPSA) is 115 Å². The van der Waals surface area contributed by atoms with Crippen molar-refractivity contribution >= 4 is 11.9 Å². The maximum atomic E-state index is 12.2. The molecule has 0 aromatic carbocycles. The lowest BCUT2D eigenvalue weighted by molar-refractivity contribution is -0.156. The Morgan fingerprint density at radius 3 is 2.26 bits per heavy atom. The van der Waals surface area contributed by atoms with E-state index in [0.717, 1.165) is 57.8 Å². The van der Waals surface area contributed by atoms with E-state index < -0.39 is 23.5 Å². The van der Waals surface area contributed by atoms with Gasteiger partial charge in [0, 0.05) is 6.61 Å². The van der Waals surface area contributed by atoms with Gasteiger partial charge >= 0.3 is 11.9 Å².